The number of likely N-dealkylation sites (N-methyl/N-ethyl adjacent to an activating group) is 1. The van der Waals surface area contributed by atoms with Crippen molar-refractivity contribution in [2.75, 3.05) is 20.1 Å². The van der Waals surface area contributed by atoms with Gasteiger partial charge in [-0.25, -0.2) is 0 Å². The zero-order valence-electron chi connectivity index (χ0n) is 12.3. The fraction of sp³-hybridized carbons (Fsp3) is 0.625. The van der Waals surface area contributed by atoms with Gasteiger partial charge < -0.3 is 10.6 Å². The topological polar surface area (TPSA) is 29.3 Å². The summed E-state index contributed by atoms with van der Waals surface area (Å²) in [5, 5.41) is 0. The molecule has 2 heteroatoms. The van der Waals surface area contributed by atoms with Crippen LogP contribution in [0.4, 0.5) is 0 Å². The molecule has 102 valence electrons. The zero-order valence-corrected chi connectivity index (χ0v) is 12.3. The maximum atomic E-state index is 6.08. The minimum atomic E-state index is 0.319. The van der Waals surface area contributed by atoms with Crippen LogP contribution in [0.2, 0.25) is 0 Å². The van der Waals surface area contributed by atoms with Crippen LogP contribution in [0.15, 0.2) is 30.3 Å². The van der Waals surface area contributed by atoms with Crippen molar-refractivity contribution in [2.45, 2.75) is 39.2 Å². The fourth-order valence-corrected chi connectivity index (χ4v) is 2.15. The monoisotopic (exact) mass is 248 g/mol. The maximum Gasteiger partial charge on any atom is 0.00740 e. The van der Waals surface area contributed by atoms with E-state index in [-0.39, 0.29) is 0 Å². The minimum Gasteiger partial charge on any atom is -0.327 e. The number of hydrogen-bond acceptors (Lipinski definition) is 2. The molecule has 0 fully saturated rings. The first-order valence-corrected chi connectivity index (χ1v) is 6.99. The van der Waals surface area contributed by atoms with Crippen LogP contribution < -0.4 is 5.73 Å². The standard InChI is InChI=1S/C16H28N2/c1-13(2)16(17)10-11-18(4)12-14(3)15-8-6-5-7-9-15/h5-9,13-14,16H,10-12,17H2,1-4H3. The van der Waals surface area contributed by atoms with Crippen molar-refractivity contribution in [1.82, 2.24) is 4.90 Å². The Morgan fingerprint density at radius 1 is 1.11 bits per heavy atom. The second kappa shape index (κ2) is 7.55. The van der Waals surface area contributed by atoms with Crippen molar-refractivity contribution in [3.8, 4) is 0 Å². The van der Waals surface area contributed by atoms with Crippen LogP contribution in [0.25, 0.3) is 0 Å². The molecule has 0 heterocycles. The SMILES string of the molecule is CC(CN(C)CCC(N)C(C)C)c1ccccc1. The predicted octanol–water partition coefficient (Wildman–Crippen LogP) is 3.10. The number of nitrogens with two attached hydrogens (primary N) is 1. The summed E-state index contributed by atoms with van der Waals surface area (Å²) in [6.45, 7) is 8.84. The van der Waals surface area contributed by atoms with E-state index in [0.717, 1.165) is 19.5 Å². The largest absolute Gasteiger partial charge is 0.327 e. The van der Waals surface area contributed by atoms with Gasteiger partial charge in [0.25, 0.3) is 0 Å². The lowest BCUT2D eigenvalue weighted by Crippen LogP contribution is -2.33. The van der Waals surface area contributed by atoms with Crippen LogP contribution in [0.1, 0.15) is 38.7 Å². The van der Waals surface area contributed by atoms with Crippen LogP contribution in [-0.2, 0) is 0 Å². The lowest BCUT2D eigenvalue weighted by molar-refractivity contribution is 0.290. The molecule has 2 atom stereocenters. The van der Waals surface area contributed by atoms with Crippen molar-refractivity contribution in [3.63, 3.8) is 0 Å². The molecule has 0 saturated carbocycles. The Hall–Kier alpha value is -0.860. The number of benzene rings is 1. The highest BCUT2D eigenvalue weighted by Gasteiger charge is 2.11. The van der Waals surface area contributed by atoms with Crippen molar-refractivity contribution in [1.29, 1.82) is 0 Å². The molecule has 0 aromatic heterocycles. The van der Waals surface area contributed by atoms with E-state index < -0.39 is 0 Å². The molecule has 0 aliphatic rings. The van der Waals surface area contributed by atoms with E-state index >= 15 is 0 Å². The molecule has 0 radical (unpaired) electrons. The van der Waals surface area contributed by atoms with Crippen LogP contribution in [-0.4, -0.2) is 31.1 Å². The highest BCUT2D eigenvalue weighted by atomic mass is 15.1. The van der Waals surface area contributed by atoms with Crippen molar-refractivity contribution in [2.24, 2.45) is 11.7 Å². The Morgan fingerprint density at radius 2 is 1.72 bits per heavy atom. The molecule has 1 aromatic carbocycles. The summed E-state index contributed by atoms with van der Waals surface area (Å²) in [5.74, 6) is 1.15. The highest BCUT2D eigenvalue weighted by Crippen LogP contribution is 2.15. The summed E-state index contributed by atoms with van der Waals surface area (Å²) in [6.07, 6.45) is 1.08. The molecular formula is C16H28N2. The average Bonchev–Trinajstić information content (AvgIpc) is 2.36. The van der Waals surface area contributed by atoms with Gasteiger partial charge in [0.15, 0.2) is 0 Å². The summed E-state index contributed by atoms with van der Waals surface area (Å²) in [5.41, 5.74) is 7.49. The van der Waals surface area contributed by atoms with Gasteiger partial charge in [0.05, 0.1) is 0 Å². The molecule has 2 nitrogen and oxygen atoms in total. The van der Waals surface area contributed by atoms with Gasteiger partial charge in [-0.1, -0.05) is 51.1 Å². The van der Waals surface area contributed by atoms with Crippen molar-refractivity contribution >= 4 is 0 Å². The van der Waals surface area contributed by atoms with Gasteiger partial charge in [0.2, 0.25) is 0 Å². The highest BCUT2D eigenvalue weighted by molar-refractivity contribution is 5.18. The lowest BCUT2D eigenvalue weighted by Gasteiger charge is -2.24. The lowest BCUT2D eigenvalue weighted by atomic mass is 9.99. The third kappa shape index (κ3) is 5.19. The Bertz CT molecular complexity index is 321. The van der Waals surface area contributed by atoms with Crippen LogP contribution in [0.5, 0.6) is 0 Å². The van der Waals surface area contributed by atoms with Gasteiger partial charge in [-0.2, -0.15) is 0 Å². The third-order valence-corrected chi connectivity index (χ3v) is 3.65. The van der Waals surface area contributed by atoms with E-state index in [0.29, 0.717) is 17.9 Å². The van der Waals surface area contributed by atoms with Gasteiger partial charge >= 0.3 is 0 Å². The molecule has 2 N–H and O–H groups in total. The second-order valence-corrected chi connectivity index (χ2v) is 5.77. The molecule has 0 aliphatic carbocycles. The van der Waals surface area contributed by atoms with E-state index in [1.807, 2.05) is 0 Å². The van der Waals surface area contributed by atoms with Crippen molar-refractivity contribution < 1.29 is 0 Å². The minimum absolute atomic E-state index is 0.319. The molecule has 0 saturated heterocycles. The smallest absolute Gasteiger partial charge is 0.00740 e. The van der Waals surface area contributed by atoms with E-state index in [4.69, 9.17) is 5.73 Å². The quantitative estimate of drug-likeness (QED) is 0.803. The summed E-state index contributed by atoms with van der Waals surface area (Å²) < 4.78 is 0. The first kappa shape index (κ1) is 15.2. The predicted molar refractivity (Wildman–Crippen MR) is 79.8 cm³/mol. The number of rotatable bonds is 7. The molecule has 0 spiro atoms. The maximum absolute atomic E-state index is 6.08. The van der Waals surface area contributed by atoms with E-state index in [2.05, 4.69) is 63.1 Å². The second-order valence-electron chi connectivity index (χ2n) is 5.77. The van der Waals surface area contributed by atoms with Gasteiger partial charge in [-0.05, 0) is 37.4 Å². The van der Waals surface area contributed by atoms with Crippen LogP contribution in [0.3, 0.4) is 0 Å². The molecule has 0 aliphatic heterocycles. The normalized spacial score (nSPS) is 15.1. The summed E-state index contributed by atoms with van der Waals surface area (Å²) in [6, 6.07) is 11.0. The van der Waals surface area contributed by atoms with E-state index in [1.165, 1.54) is 5.56 Å². The van der Waals surface area contributed by atoms with Crippen LogP contribution in [0, 0.1) is 5.92 Å². The van der Waals surface area contributed by atoms with Gasteiger partial charge in [-0.3, -0.25) is 0 Å². The Balaban J connectivity index is 2.34. The summed E-state index contributed by atoms with van der Waals surface area (Å²) >= 11 is 0. The Kier molecular flexibility index (Phi) is 6.37. The molecule has 0 amide bonds. The van der Waals surface area contributed by atoms with E-state index in [9.17, 15) is 0 Å². The molecular weight excluding hydrogens is 220 g/mol. The molecule has 18 heavy (non-hydrogen) atoms. The Labute approximate surface area is 112 Å². The van der Waals surface area contributed by atoms with Gasteiger partial charge in [-0.15, -0.1) is 0 Å². The third-order valence-electron chi connectivity index (χ3n) is 3.65. The molecule has 1 aromatic rings. The van der Waals surface area contributed by atoms with Gasteiger partial charge in [0.1, 0.15) is 0 Å². The summed E-state index contributed by atoms with van der Waals surface area (Å²) in [7, 11) is 2.19. The molecule has 0 bridgehead atoms. The molecule has 1 rings (SSSR count). The Morgan fingerprint density at radius 3 is 2.28 bits per heavy atom. The first-order chi connectivity index (χ1) is 8.50. The number of hydrogen-bond donors (Lipinski definition) is 1. The fourth-order valence-electron chi connectivity index (χ4n) is 2.15. The summed E-state index contributed by atoms with van der Waals surface area (Å²) in [4.78, 5) is 2.39. The van der Waals surface area contributed by atoms with Crippen LogP contribution >= 0.6 is 0 Å². The van der Waals surface area contributed by atoms with Gasteiger partial charge in [0, 0.05) is 12.6 Å². The average molecular weight is 248 g/mol. The van der Waals surface area contributed by atoms with Crippen molar-refractivity contribution in [3.05, 3.63) is 35.9 Å². The first-order valence-electron chi connectivity index (χ1n) is 6.99. The number of nitrogens with zero attached hydrogens (tertiary/aromatic N) is 1. The van der Waals surface area contributed by atoms with E-state index in [1.54, 1.807) is 0 Å². The zero-order chi connectivity index (χ0) is 13.5. The molecule has 2 unspecified atom stereocenters.